The molecule has 2 N–H and O–H groups in total. The Labute approximate surface area is 133 Å². The molecule has 2 atom stereocenters. The Balaban J connectivity index is 1.89. The molecule has 1 spiro atoms. The molecule has 1 aliphatic heterocycles. The number of ketones is 1. The van der Waals surface area contributed by atoms with E-state index in [0.29, 0.717) is 18.5 Å². The molecule has 1 aliphatic carbocycles. The number of carbonyl (C=O) groups is 2. The Morgan fingerprint density at radius 1 is 1.36 bits per heavy atom. The van der Waals surface area contributed by atoms with Crippen LogP contribution >= 0.6 is 0 Å². The van der Waals surface area contributed by atoms with E-state index < -0.39 is 12.1 Å². The predicted octanol–water partition coefficient (Wildman–Crippen LogP) is 1.34. The van der Waals surface area contributed by atoms with Crippen LogP contribution in [0.2, 0.25) is 0 Å². The quantitative estimate of drug-likeness (QED) is 0.727. The minimum atomic E-state index is -0.803. The smallest absolute Gasteiger partial charge is 0.231 e. The van der Waals surface area contributed by atoms with Crippen molar-refractivity contribution in [2.24, 2.45) is 11.3 Å². The van der Waals surface area contributed by atoms with Gasteiger partial charge in [0.2, 0.25) is 5.91 Å². The van der Waals surface area contributed by atoms with Crippen LogP contribution in [0.5, 0.6) is 0 Å². The highest BCUT2D eigenvalue weighted by molar-refractivity contribution is 5.94. The third kappa shape index (κ3) is 3.35. The van der Waals surface area contributed by atoms with Crippen molar-refractivity contribution in [2.75, 3.05) is 13.1 Å². The monoisotopic (exact) mass is 310 g/mol. The van der Waals surface area contributed by atoms with Gasteiger partial charge in [-0.1, -0.05) is 13.8 Å². The first-order chi connectivity index (χ1) is 10.3. The van der Waals surface area contributed by atoms with Gasteiger partial charge in [0.1, 0.15) is 6.04 Å². The molecule has 0 aromatic rings. The molecule has 22 heavy (non-hydrogen) atoms. The number of carbonyl (C=O) groups excluding carboxylic acids is 2. The molecule has 0 aromatic heterocycles. The normalized spacial score (nSPS) is 31.3. The Morgan fingerprint density at radius 2 is 1.95 bits per heavy atom. The number of aliphatic hydroxyl groups excluding tert-OH is 1. The lowest BCUT2D eigenvalue weighted by Crippen LogP contribution is -2.68. The zero-order valence-electron chi connectivity index (χ0n) is 14.3. The average molecular weight is 310 g/mol. The van der Waals surface area contributed by atoms with Gasteiger partial charge >= 0.3 is 0 Å². The number of hydrogen-bond donors (Lipinski definition) is 2. The number of hydrogen-bond acceptors (Lipinski definition) is 4. The summed E-state index contributed by atoms with van der Waals surface area (Å²) in [7, 11) is 0. The lowest BCUT2D eigenvalue weighted by molar-refractivity contribution is -0.175. The van der Waals surface area contributed by atoms with Gasteiger partial charge in [0.15, 0.2) is 5.78 Å². The maximum atomic E-state index is 12.6. The van der Waals surface area contributed by atoms with Crippen LogP contribution in [0.3, 0.4) is 0 Å². The Kier molecular flexibility index (Phi) is 5.28. The first-order valence-electron chi connectivity index (χ1n) is 8.50. The average Bonchev–Trinajstić information content (AvgIpc) is 2.44. The minimum absolute atomic E-state index is 0.0657. The second-order valence-corrected chi connectivity index (χ2v) is 7.59. The summed E-state index contributed by atoms with van der Waals surface area (Å²) in [6.45, 7) is 9.06. The summed E-state index contributed by atoms with van der Waals surface area (Å²) in [5.74, 6) is 0.570. The number of likely N-dealkylation sites (tertiary alicyclic amines) is 1. The van der Waals surface area contributed by atoms with Gasteiger partial charge in [-0.15, -0.1) is 0 Å². The van der Waals surface area contributed by atoms with Gasteiger partial charge in [-0.05, 0) is 52.0 Å². The first kappa shape index (κ1) is 17.4. The zero-order valence-corrected chi connectivity index (χ0v) is 14.3. The summed E-state index contributed by atoms with van der Waals surface area (Å²) in [4.78, 5) is 25.9. The minimum Gasteiger partial charge on any atom is -0.391 e. The maximum absolute atomic E-state index is 12.6. The predicted molar refractivity (Wildman–Crippen MR) is 85.4 cm³/mol. The van der Waals surface area contributed by atoms with Crippen LogP contribution < -0.4 is 5.32 Å². The highest BCUT2D eigenvalue weighted by atomic mass is 16.3. The molecule has 1 unspecified atom stereocenters. The molecular formula is C17H30N2O3. The lowest BCUT2D eigenvalue weighted by Gasteiger charge is -2.54. The van der Waals surface area contributed by atoms with Crippen LogP contribution in [0.15, 0.2) is 0 Å². The van der Waals surface area contributed by atoms with Crippen molar-refractivity contribution in [3.05, 3.63) is 0 Å². The molecule has 5 nitrogen and oxygen atoms in total. The molecule has 2 rings (SSSR count). The van der Waals surface area contributed by atoms with Crippen LogP contribution in [0, 0.1) is 11.3 Å². The molecule has 126 valence electrons. The number of aliphatic hydroxyl groups is 1. The fourth-order valence-electron chi connectivity index (χ4n) is 3.87. The molecule has 5 heteroatoms. The lowest BCUT2D eigenvalue weighted by atomic mass is 9.66. The van der Waals surface area contributed by atoms with Crippen LogP contribution in [0.1, 0.15) is 53.4 Å². The Morgan fingerprint density at radius 3 is 2.36 bits per heavy atom. The molecule has 1 heterocycles. The largest absolute Gasteiger partial charge is 0.391 e. The van der Waals surface area contributed by atoms with Crippen molar-refractivity contribution in [3.63, 3.8) is 0 Å². The van der Waals surface area contributed by atoms with Crippen molar-refractivity contribution >= 4 is 11.7 Å². The standard InChI is InChI=1S/C17H30N2O3/c1-11(2)9-18-14-5-7-17(8-6-14)10-19(16(17)22)15(12(3)20)13(4)21/h11-12,14-15,18,20H,5-10H2,1-4H3/t12-,14?,15?,17?/m1/s1. The highest BCUT2D eigenvalue weighted by Crippen LogP contribution is 2.46. The van der Waals surface area contributed by atoms with E-state index in [0.717, 1.165) is 32.2 Å². The number of Topliss-reactive ketones (excluding diaryl/α,β-unsaturated/α-hetero) is 1. The third-order valence-electron chi connectivity index (χ3n) is 5.15. The van der Waals surface area contributed by atoms with Gasteiger partial charge in [0.05, 0.1) is 11.5 Å². The van der Waals surface area contributed by atoms with Gasteiger partial charge in [-0.25, -0.2) is 0 Å². The summed E-state index contributed by atoms with van der Waals surface area (Å²) >= 11 is 0. The van der Waals surface area contributed by atoms with E-state index in [4.69, 9.17) is 0 Å². The SMILES string of the molecule is CC(=O)C([C@@H](C)O)N1CC2(CCC(NCC(C)C)CC2)C1=O. The van der Waals surface area contributed by atoms with Crippen LogP contribution in [-0.2, 0) is 9.59 Å². The topological polar surface area (TPSA) is 69.6 Å². The molecule has 2 aliphatic rings. The maximum Gasteiger partial charge on any atom is 0.231 e. The van der Waals surface area contributed by atoms with Crippen molar-refractivity contribution in [1.29, 1.82) is 0 Å². The molecule has 0 bridgehead atoms. The van der Waals surface area contributed by atoms with E-state index in [1.54, 1.807) is 11.8 Å². The summed E-state index contributed by atoms with van der Waals surface area (Å²) < 4.78 is 0. The van der Waals surface area contributed by atoms with Crippen LogP contribution in [0.25, 0.3) is 0 Å². The van der Waals surface area contributed by atoms with E-state index in [1.165, 1.54) is 6.92 Å². The number of amides is 1. The van der Waals surface area contributed by atoms with E-state index in [2.05, 4.69) is 19.2 Å². The molecule has 0 aromatic carbocycles. The summed E-state index contributed by atoms with van der Waals surface area (Å²) in [6, 6.07) is -0.162. The fraction of sp³-hybridized carbons (Fsp3) is 0.882. The van der Waals surface area contributed by atoms with Crippen LogP contribution in [-0.4, -0.2) is 53.0 Å². The van der Waals surface area contributed by atoms with Gasteiger partial charge in [-0.3, -0.25) is 9.59 Å². The molecule has 0 radical (unpaired) electrons. The summed E-state index contributed by atoms with van der Waals surface area (Å²) in [5, 5.41) is 13.3. The van der Waals surface area contributed by atoms with Crippen molar-refractivity contribution < 1.29 is 14.7 Å². The number of rotatable bonds is 6. The molecule has 2 fully saturated rings. The fourth-order valence-corrected chi connectivity index (χ4v) is 3.87. The number of nitrogens with one attached hydrogen (secondary N) is 1. The Hall–Kier alpha value is -0.940. The summed E-state index contributed by atoms with van der Waals surface area (Å²) in [6.07, 6.45) is 3.02. The van der Waals surface area contributed by atoms with Gasteiger partial charge in [0.25, 0.3) is 0 Å². The van der Waals surface area contributed by atoms with Crippen molar-refractivity contribution in [3.8, 4) is 0 Å². The van der Waals surface area contributed by atoms with E-state index >= 15 is 0 Å². The first-order valence-corrected chi connectivity index (χ1v) is 8.50. The molecule has 1 saturated carbocycles. The third-order valence-corrected chi connectivity index (χ3v) is 5.15. The molecule has 1 saturated heterocycles. The second kappa shape index (κ2) is 6.67. The van der Waals surface area contributed by atoms with Crippen molar-refractivity contribution in [2.45, 2.75) is 71.6 Å². The second-order valence-electron chi connectivity index (χ2n) is 7.59. The van der Waals surface area contributed by atoms with Crippen LogP contribution in [0.4, 0.5) is 0 Å². The molecular weight excluding hydrogens is 280 g/mol. The van der Waals surface area contributed by atoms with Gasteiger partial charge in [0, 0.05) is 12.6 Å². The Bertz CT molecular complexity index is 426. The number of β-lactam (4-membered cyclic amide) rings is 1. The number of nitrogens with zero attached hydrogens (tertiary/aromatic N) is 1. The van der Waals surface area contributed by atoms with Gasteiger partial charge in [-0.2, -0.15) is 0 Å². The van der Waals surface area contributed by atoms with E-state index in [9.17, 15) is 14.7 Å². The van der Waals surface area contributed by atoms with E-state index in [1.807, 2.05) is 0 Å². The van der Waals surface area contributed by atoms with E-state index in [-0.39, 0.29) is 17.1 Å². The molecule has 1 amide bonds. The van der Waals surface area contributed by atoms with Crippen molar-refractivity contribution in [1.82, 2.24) is 10.2 Å². The van der Waals surface area contributed by atoms with Gasteiger partial charge < -0.3 is 15.3 Å². The highest BCUT2D eigenvalue weighted by Gasteiger charge is 2.56. The zero-order chi connectivity index (χ0) is 16.5. The summed E-state index contributed by atoms with van der Waals surface area (Å²) in [5.41, 5.74) is -0.265.